The predicted octanol–water partition coefficient (Wildman–Crippen LogP) is 4.49. The first kappa shape index (κ1) is 19.6. The number of hydrogen-bond acceptors (Lipinski definition) is 3. The lowest BCUT2D eigenvalue weighted by atomic mass is 9.97. The van der Waals surface area contributed by atoms with Crippen molar-refractivity contribution in [3.63, 3.8) is 0 Å². The van der Waals surface area contributed by atoms with E-state index in [-0.39, 0.29) is 24.2 Å². The second-order valence-corrected chi connectivity index (χ2v) is 8.16. The van der Waals surface area contributed by atoms with Crippen molar-refractivity contribution < 1.29 is 14.0 Å². The zero-order valence-corrected chi connectivity index (χ0v) is 17.0. The quantitative estimate of drug-likeness (QED) is 0.694. The van der Waals surface area contributed by atoms with E-state index in [1.54, 1.807) is 36.4 Å². The average molecular weight is 413 g/mol. The highest BCUT2D eigenvalue weighted by molar-refractivity contribution is 6.35. The lowest BCUT2D eigenvalue weighted by Gasteiger charge is -2.32. The maximum atomic E-state index is 13.3. The van der Waals surface area contributed by atoms with Crippen molar-refractivity contribution in [2.45, 2.75) is 26.3 Å². The fourth-order valence-corrected chi connectivity index (χ4v) is 4.01. The first-order chi connectivity index (χ1) is 13.9. The number of rotatable bonds is 4. The molecule has 0 aromatic heterocycles. The van der Waals surface area contributed by atoms with E-state index < -0.39 is 0 Å². The van der Waals surface area contributed by atoms with Gasteiger partial charge in [0.05, 0.1) is 12.1 Å². The van der Waals surface area contributed by atoms with E-state index in [1.165, 1.54) is 17.0 Å². The van der Waals surface area contributed by atoms with Gasteiger partial charge in [-0.25, -0.2) is 4.39 Å². The van der Waals surface area contributed by atoms with Crippen molar-refractivity contribution in [1.29, 1.82) is 0 Å². The van der Waals surface area contributed by atoms with Crippen LogP contribution < -0.4 is 0 Å². The average Bonchev–Trinajstić information content (AvgIpc) is 2.96. The van der Waals surface area contributed by atoms with Crippen LogP contribution in [-0.4, -0.2) is 34.7 Å². The Bertz CT molecular complexity index is 961. The summed E-state index contributed by atoms with van der Waals surface area (Å²) in [5.41, 5.74) is 2.27. The molecule has 2 heterocycles. The Morgan fingerprint density at radius 3 is 2.21 bits per heavy atom. The smallest absolute Gasteiger partial charge is 0.278 e. The number of imide groups is 1. The zero-order valence-electron chi connectivity index (χ0n) is 16.2. The van der Waals surface area contributed by atoms with E-state index >= 15 is 0 Å². The molecule has 0 unspecified atom stereocenters. The Balaban J connectivity index is 1.71. The number of carbonyl (C=O) groups excluding carboxylic acids is 2. The second kappa shape index (κ2) is 7.99. The molecule has 2 aliphatic rings. The summed E-state index contributed by atoms with van der Waals surface area (Å²) in [6.45, 7) is 3.81. The Morgan fingerprint density at radius 1 is 0.966 bits per heavy atom. The van der Waals surface area contributed by atoms with Crippen LogP contribution in [0.2, 0.25) is 5.02 Å². The van der Waals surface area contributed by atoms with Crippen LogP contribution in [0, 0.1) is 11.7 Å². The van der Waals surface area contributed by atoms with E-state index in [1.807, 2.05) is 4.90 Å². The lowest BCUT2D eigenvalue weighted by Crippen LogP contribution is -2.38. The molecule has 0 bridgehead atoms. The molecule has 1 fully saturated rings. The third kappa shape index (κ3) is 3.92. The second-order valence-electron chi connectivity index (χ2n) is 7.72. The highest BCUT2D eigenvalue weighted by Gasteiger charge is 2.42. The van der Waals surface area contributed by atoms with Gasteiger partial charge < -0.3 is 4.90 Å². The number of carbonyl (C=O) groups is 2. The fourth-order valence-electron chi connectivity index (χ4n) is 3.88. The van der Waals surface area contributed by atoms with E-state index in [2.05, 4.69) is 6.92 Å². The number of benzene rings is 2. The van der Waals surface area contributed by atoms with Gasteiger partial charge >= 0.3 is 0 Å². The van der Waals surface area contributed by atoms with Crippen molar-refractivity contribution in [1.82, 2.24) is 9.80 Å². The monoisotopic (exact) mass is 412 g/mol. The highest BCUT2D eigenvalue weighted by Crippen LogP contribution is 2.35. The van der Waals surface area contributed by atoms with Crippen LogP contribution in [0.3, 0.4) is 0 Å². The molecule has 1 saturated heterocycles. The Morgan fingerprint density at radius 2 is 1.59 bits per heavy atom. The molecule has 0 spiro atoms. The first-order valence-electron chi connectivity index (χ1n) is 9.80. The summed E-state index contributed by atoms with van der Waals surface area (Å²) in [5.74, 6) is -0.363. The molecule has 2 aromatic rings. The largest absolute Gasteiger partial charge is 0.366 e. The molecule has 0 N–H and O–H groups in total. The van der Waals surface area contributed by atoms with Crippen LogP contribution in [0.1, 0.15) is 30.9 Å². The summed E-state index contributed by atoms with van der Waals surface area (Å²) in [6, 6.07) is 12.9. The standard InChI is InChI=1S/C23H22ClFN2O2/c1-15-10-12-26(13-11-15)21-20(17-4-6-18(24)7-5-17)22(28)27(23(21)29)14-16-2-8-19(25)9-3-16/h2-9,15H,10-14H2,1H3. The van der Waals surface area contributed by atoms with Gasteiger partial charge in [-0.05, 0) is 54.2 Å². The molecule has 2 aliphatic heterocycles. The van der Waals surface area contributed by atoms with Gasteiger partial charge in [-0.15, -0.1) is 0 Å². The van der Waals surface area contributed by atoms with Crippen molar-refractivity contribution in [3.8, 4) is 0 Å². The summed E-state index contributed by atoms with van der Waals surface area (Å²) < 4.78 is 13.2. The molecular formula is C23H22ClFN2O2. The maximum Gasteiger partial charge on any atom is 0.278 e. The molecule has 0 radical (unpaired) electrons. The van der Waals surface area contributed by atoms with Gasteiger partial charge in [0, 0.05) is 18.1 Å². The van der Waals surface area contributed by atoms with Crippen LogP contribution in [0.5, 0.6) is 0 Å². The molecule has 29 heavy (non-hydrogen) atoms. The predicted molar refractivity (Wildman–Crippen MR) is 110 cm³/mol. The van der Waals surface area contributed by atoms with Crippen molar-refractivity contribution in [3.05, 3.63) is 76.2 Å². The maximum absolute atomic E-state index is 13.3. The minimum atomic E-state index is -0.351. The van der Waals surface area contributed by atoms with Gasteiger partial charge in [0.1, 0.15) is 11.5 Å². The summed E-state index contributed by atoms with van der Waals surface area (Å²) >= 11 is 6.01. The van der Waals surface area contributed by atoms with E-state index in [4.69, 9.17) is 11.6 Å². The molecule has 4 rings (SSSR count). The minimum absolute atomic E-state index is 0.114. The van der Waals surface area contributed by atoms with Crippen LogP contribution >= 0.6 is 11.6 Å². The number of likely N-dealkylation sites (tertiary alicyclic amines) is 1. The number of nitrogens with zero attached hydrogens (tertiary/aromatic N) is 2. The van der Waals surface area contributed by atoms with Crippen LogP contribution in [-0.2, 0) is 16.1 Å². The highest BCUT2D eigenvalue weighted by atomic mass is 35.5. The summed E-state index contributed by atoms with van der Waals surface area (Å²) in [5, 5.41) is 0.572. The Kier molecular flexibility index (Phi) is 5.41. The molecule has 0 atom stereocenters. The molecule has 2 amide bonds. The third-order valence-corrected chi connectivity index (χ3v) is 5.88. The van der Waals surface area contributed by atoms with E-state index in [0.29, 0.717) is 33.3 Å². The molecule has 2 aromatic carbocycles. The zero-order chi connectivity index (χ0) is 20.5. The topological polar surface area (TPSA) is 40.6 Å². The summed E-state index contributed by atoms with van der Waals surface area (Å²) in [6.07, 6.45) is 1.97. The number of halogens is 2. The Hall–Kier alpha value is -2.66. The molecular weight excluding hydrogens is 391 g/mol. The molecule has 0 saturated carbocycles. The van der Waals surface area contributed by atoms with Crippen LogP contribution in [0.4, 0.5) is 4.39 Å². The van der Waals surface area contributed by atoms with Crippen LogP contribution in [0.25, 0.3) is 5.57 Å². The SMILES string of the molecule is CC1CCN(C2=C(c3ccc(Cl)cc3)C(=O)N(Cc3ccc(F)cc3)C2=O)CC1. The molecule has 4 nitrogen and oxygen atoms in total. The number of hydrogen-bond donors (Lipinski definition) is 0. The molecule has 0 aliphatic carbocycles. The van der Waals surface area contributed by atoms with E-state index in [9.17, 15) is 14.0 Å². The number of amides is 2. The summed E-state index contributed by atoms with van der Waals surface area (Å²) in [7, 11) is 0. The number of piperidine rings is 1. The van der Waals surface area contributed by atoms with E-state index in [0.717, 1.165) is 25.9 Å². The van der Waals surface area contributed by atoms with Gasteiger partial charge in [0.2, 0.25) is 0 Å². The van der Waals surface area contributed by atoms with Gasteiger partial charge in [0.15, 0.2) is 0 Å². The van der Waals surface area contributed by atoms with Gasteiger partial charge in [0.25, 0.3) is 11.8 Å². The lowest BCUT2D eigenvalue weighted by molar-refractivity contribution is -0.138. The van der Waals surface area contributed by atoms with Gasteiger partial charge in [-0.3, -0.25) is 14.5 Å². The van der Waals surface area contributed by atoms with Crippen molar-refractivity contribution in [2.24, 2.45) is 5.92 Å². The van der Waals surface area contributed by atoms with Gasteiger partial charge in [-0.1, -0.05) is 42.8 Å². The van der Waals surface area contributed by atoms with Crippen molar-refractivity contribution in [2.75, 3.05) is 13.1 Å². The normalized spacial score (nSPS) is 18.2. The van der Waals surface area contributed by atoms with Gasteiger partial charge in [-0.2, -0.15) is 0 Å². The Labute approximate surface area is 174 Å². The molecule has 150 valence electrons. The third-order valence-electron chi connectivity index (χ3n) is 5.63. The van der Waals surface area contributed by atoms with Crippen LogP contribution in [0.15, 0.2) is 54.2 Å². The fraction of sp³-hybridized carbons (Fsp3) is 0.304. The summed E-state index contributed by atoms with van der Waals surface area (Å²) in [4.78, 5) is 29.9. The van der Waals surface area contributed by atoms with Crippen molar-refractivity contribution >= 4 is 29.0 Å². The minimum Gasteiger partial charge on any atom is -0.366 e. The molecule has 6 heteroatoms. The first-order valence-corrected chi connectivity index (χ1v) is 10.2.